The molecule has 0 amide bonds. The van der Waals surface area contributed by atoms with Gasteiger partial charge in [-0.15, -0.1) is 0 Å². The topological polar surface area (TPSA) is 76.6 Å². The van der Waals surface area contributed by atoms with Crippen LogP contribution in [0.1, 0.15) is 5.56 Å². The SMILES string of the molecule is Clc1nsc(-c2c[nH]c3ncnc(OCCc4ccccc4)c23)n1. The van der Waals surface area contributed by atoms with Gasteiger partial charge < -0.3 is 9.72 Å². The van der Waals surface area contributed by atoms with Gasteiger partial charge in [0, 0.05) is 18.2 Å². The zero-order valence-electron chi connectivity index (χ0n) is 12.4. The quantitative estimate of drug-likeness (QED) is 0.588. The number of aromatic amines is 1. The van der Waals surface area contributed by atoms with Crippen molar-refractivity contribution >= 4 is 34.2 Å². The number of hydrogen-bond donors (Lipinski definition) is 1. The Bertz CT molecular complexity index is 969. The number of benzene rings is 1. The van der Waals surface area contributed by atoms with E-state index >= 15 is 0 Å². The Balaban J connectivity index is 1.62. The van der Waals surface area contributed by atoms with Crippen molar-refractivity contribution in [3.8, 4) is 16.5 Å². The van der Waals surface area contributed by atoms with Crippen molar-refractivity contribution in [2.75, 3.05) is 6.61 Å². The van der Waals surface area contributed by atoms with Gasteiger partial charge in [-0.05, 0) is 28.7 Å². The van der Waals surface area contributed by atoms with E-state index in [1.807, 2.05) is 24.4 Å². The van der Waals surface area contributed by atoms with Crippen LogP contribution in [0.3, 0.4) is 0 Å². The lowest BCUT2D eigenvalue weighted by Gasteiger charge is -2.07. The van der Waals surface area contributed by atoms with Crippen molar-refractivity contribution in [3.05, 3.63) is 53.7 Å². The van der Waals surface area contributed by atoms with E-state index in [1.54, 1.807) is 0 Å². The van der Waals surface area contributed by atoms with Gasteiger partial charge in [-0.1, -0.05) is 30.3 Å². The van der Waals surface area contributed by atoms with Gasteiger partial charge in [-0.2, -0.15) is 4.37 Å². The molecule has 3 heterocycles. The average Bonchev–Trinajstić information content (AvgIpc) is 3.22. The first-order valence-electron chi connectivity index (χ1n) is 7.29. The maximum atomic E-state index is 5.90. The fraction of sp³-hybridized carbons (Fsp3) is 0.125. The first-order valence-corrected chi connectivity index (χ1v) is 8.45. The van der Waals surface area contributed by atoms with Gasteiger partial charge >= 0.3 is 0 Å². The van der Waals surface area contributed by atoms with Crippen molar-refractivity contribution in [2.45, 2.75) is 6.42 Å². The lowest BCUT2D eigenvalue weighted by Crippen LogP contribution is -2.03. The predicted octanol–water partition coefficient (Wildman–Crippen LogP) is 3.75. The summed E-state index contributed by atoms with van der Waals surface area (Å²) in [5.74, 6) is 0.526. The van der Waals surface area contributed by atoms with Crippen molar-refractivity contribution in [3.63, 3.8) is 0 Å². The monoisotopic (exact) mass is 357 g/mol. The number of nitrogens with zero attached hydrogens (tertiary/aromatic N) is 4. The molecular formula is C16H12ClN5OS. The molecule has 120 valence electrons. The number of halogens is 1. The van der Waals surface area contributed by atoms with Gasteiger partial charge in [0.1, 0.15) is 17.0 Å². The second kappa shape index (κ2) is 6.54. The minimum absolute atomic E-state index is 0.229. The van der Waals surface area contributed by atoms with Gasteiger partial charge in [0.05, 0.1) is 12.0 Å². The number of rotatable bonds is 5. The molecule has 0 bridgehead atoms. The molecule has 4 aromatic rings. The molecule has 0 aliphatic rings. The predicted molar refractivity (Wildman–Crippen MR) is 93.4 cm³/mol. The van der Waals surface area contributed by atoms with E-state index in [2.05, 4.69) is 36.4 Å². The molecule has 0 spiro atoms. The minimum atomic E-state index is 0.229. The van der Waals surface area contributed by atoms with Crippen LogP contribution < -0.4 is 4.74 Å². The summed E-state index contributed by atoms with van der Waals surface area (Å²) >= 11 is 7.06. The summed E-state index contributed by atoms with van der Waals surface area (Å²) < 4.78 is 9.91. The third-order valence-corrected chi connectivity index (χ3v) is 4.56. The molecule has 0 radical (unpaired) electrons. The zero-order chi connectivity index (χ0) is 16.4. The molecule has 3 aromatic heterocycles. The van der Waals surface area contributed by atoms with Crippen molar-refractivity contribution in [1.29, 1.82) is 0 Å². The van der Waals surface area contributed by atoms with E-state index < -0.39 is 0 Å². The number of hydrogen-bond acceptors (Lipinski definition) is 6. The van der Waals surface area contributed by atoms with Crippen LogP contribution >= 0.6 is 23.1 Å². The van der Waals surface area contributed by atoms with E-state index in [1.165, 1.54) is 23.4 Å². The van der Waals surface area contributed by atoms with E-state index in [4.69, 9.17) is 16.3 Å². The Morgan fingerprint density at radius 3 is 2.83 bits per heavy atom. The number of aromatic nitrogens is 5. The molecule has 1 aromatic carbocycles. The van der Waals surface area contributed by atoms with Crippen molar-refractivity contribution in [1.82, 2.24) is 24.3 Å². The molecule has 0 atom stereocenters. The standard InChI is InChI=1S/C16H12ClN5OS/c17-16-21-15(24-22-16)11-8-18-13-12(11)14(20-9-19-13)23-7-6-10-4-2-1-3-5-10/h1-5,8-9H,6-7H2,(H,18,19,20). The molecule has 6 nitrogen and oxygen atoms in total. The van der Waals surface area contributed by atoms with Crippen LogP contribution in [-0.2, 0) is 6.42 Å². The molecule has 0 saturated carbocycles. The third-order valence-electron chi connectivity index (χ3n) is 3.54. The van der Waals surface area contributed by atoms with Crippen LogP contribution in [0, 0.1) is 0 Å². The highest BCUT2D eigenvalue weighted by atomic mass is 35.5. The Morgan fingerprint density at radius 1 is 1.17 bits per heavy atom. The number of fused-ring (bicyclic) bond motifs is 1. The molecule has 1 N–H and O–H groups in total. The van der Waals surface area contributed by atoms with Crippen LogP contribution in [0.5, 0.6) is 5.88 Å². The molecule has 0 fully saturated rings. The highest BCUT2D eigenvalue weighted by Gasteiger charge is 2.16. The maximum Gasteiger partial charge on any atom is 0.234 e. The summed E-state index contributed by atoms with van der Waals surface area (Å²) in [6.07, 6.45) is 4.10. The fourth-order valence-corrected chi connectivity index (χ4v) is 3.26. The molecule has 8 heteroatoms. The van der Waals surface area contributed by atoms with Crippen LogP contribution in [0.4, 0.5) is 0 Å². The molecule has 0 aliphatic carbocycles. The largest absolute Gasteiger partial charge is 0.477 e. The minimum Gasteiger partial charge on any atom is -0.477 e. The smallest absolute Gasteiger partial charge is 0.234 e. The number of nitrogens with one attached hydrogen (secondary N) is 1. The summed E-state index contributed by atoms with van der Waals surface area (Å²) in [5, 5.41) is 1.72. The second-order valence-electron chi connectivity index (χ2n) is 5.06. The van der Waals surface area contributed by atoms with E-state index in [9.17, 15) is 0 Å². The zero-order valence-corrected chi connectivity index (χ0v) is 14.0. The van der Waals surface area contributed by atoms with Gasteiger partial charge in [-0.3, -0.25) is 0 Å². The second-order valence-corrected chi connectivity index (χ2v) is 6.15. The van der Waals surface area contributed by atoms with Gasteiger partial charge in [0.15, 0.2) is 0 Å². The Morgan fingerprint density at radius 2 is 2.04 bits per heavy atom. The number of H-pyrrole nitrogens is 1. The first kappa shape index (κ1) is 15.0. The van der Waals surface area contributed by atoms with Gasteiger partial charge in [-0.25, -0.2) is 15.0 Å². The molecule has 0 saturated heterocycles. The Hall–Kier alpha value is -2.51. The Kier molecular flexibility index (Phi) is 4.10. The average molecular weight is 358 g/mol. The lowest BCUT2D eigenvalue weighted by molar-refractivity contribution is 0.313. The van der Waals surface area contributed by atoms with Gasteiger partial charge in [0.2, 0.25) is 11.2 Å². The lowest BCUT2D eigenvalue weighted by atomic mass is 10.2. The maximum absolute atomic E-state index is 5.90. The van der Waals surface area contributed by atoms with Crippen molar-refractivity contribution < 1.29 is 4.74 Å². The van der Waals surface area contributed by atoms with Crippen molar-refractivity contribution in [2.24, 2.45) is 0 Å². The summed E-state index contributed by atoms with van der Waals surface area (Å²) in [4.78, 5) is 15.8. The van der Waals surface area contributed by atoms with Crippen LogP contribution in [0.25, 0.3) is 21.6 Å². The Labute approximate surface area is 146 Å². The highest BCUT2D eigenvalue weighted by molar-refractivity contribution is 7.09. The first-order chi connectivity index (χ1) is 11.8. The molecule has 0 aliphatic heterocycles. The van der Waals surface area contributed by atoms with Gasteiger partial charge in [0.25, 0.3) is 0 Å². The third kappa shape index (κ3) is 2.95. The van der Waals surface area contributed by atoms with E-state index in [0.29, 0.717) is 23.1 Å². The van der Waals surface area contributed by atoms with E-state index in [-0.39, 0.29) is 5.28 Å². The summed E-state index contributed by atoms with van der Waals surface area (Å²) in [6, 6.07) is 10.2. The van der Waals surface area contributed by atoms with Crippen LogP contribution in [0.15, 0.2) is 42.9 Å². The summed E-state index contributed by atoms with van der Waals surface area (Å²) in [7, 11) is 0. The van der Waals surface area contributed by atoms with E-state index in [0.717, 1.165) is 17.4 Å². The molecule has 0 unspecified atom stereocenters. The molecular weight excluding hydrogens is 346 g/mol. The summed E-state index contributed by atoms with van der Waals surface area (Å²) in [6.45, 7) is 0.525. The van der Waals surface area contributed by atoms with Crippen LogP contribution in [-0.4, -0.2) is 30.9 Å². The normalized spacial score (nSPS) is 11.0. The number of ether oxygens (including phenoxy) is 1. The molecule has 24 heavy (non-hydrogen) atoms. The van der Waals surface area contributed by atoms with Crippen LogP contribution in [0.2, 0.25) is 5.28 Å². The fourth-order valence-electron chi connectivity index (χ4n) is 2.44. The highest BCUT2D eigenvalue weighted by Crippen LogP contribution is 2.34. The molecule has 4 rings (SSSR count). The summed E-state index contributed by atoms with van der Waals surface area (Å²) in [5.41, 5.74) is 2.75.